The summed E-state index contributed by atoms with van der Waals surface area (Å²) in [5, 5.41) is 19.1. The van der Waals surface area contributed by atoms with Gasteiger partial charge in [0.25, 0.3) is 0 Å². The van der Waals surface area contributed by atoms with Crippen LogP contribution in [0.4, 0.5) is 0 Å². The molecule has 6 heteroatoms. The Hall–Kier alpha value is -1.85. The zero-order chi connectivity index (χ0) is 21.7. The highest BCUT2D eigenvalue weighted by Gasteiger charge is 2.26. The molecule has 0 unspecified atom stereocenters. The minimum Gasteiger partial charge on any atom is -0.481 e. The Balaban J connectivity index is 0.000000717. The number of carboxylic acids is 2. The van der Waals surface area contributed by atoms with Gasteiger partial charge >= 0.3 is 11.9 Å². The molecule has 1 amide bonds. The van der Waals surface area contributed by atoms with Gasteiger partial charge in [0.05, 0.1) is 0 Å². The first kappa shape index (κ1) is 27.1. The number of aliphatic carboxylic acids is 2. The molecule has 1 saturated heterocycles. The van der Waals surface area contributed by atoms with Crippen molar-refractivity contribution in [3.63, 3.8) is 0 Å². The van der Waals surface area contributed by atoms with Crippen molar-refractivity contribution in [1.29, 1.82) is 0 Å². The third kappa shape index (κ3) is 19.2. The normalized spacial score (nSPS) is 15.8. The van der Waals surface area contributed by atoms with E-state index in [0.717, 1.165) is 12.8 Å². The molecule has 168 valence electrons. The molecule has 3 N–H and O–H groups in total. The monoisotopic (exact) mass is 411 g/mol. The van der Waals surface area contributed by atoms with E-state index in [2.05, 4.69) is 24.4 Å². The van der Waals surface area contributed by atoms with Gasteiger partial charge in [0.15, 0.2) is 0 Å². The van der Waals surface area contributed by atoms with Gasteiger partial charge in [-0.3, -0.25) is 9.59 Å². The number of unbranched alkanes of at least 4 members (excludes halogenated alkanes) is 11. The summed E-state index contributed by atoms with van der Waals surface area (Å²) in [6.07, 6.45) is 22.0. The van der Waals surface area contributed by atoms with Crippen LogP contribution < -0.4 is 5.32 Å². The minimum absolute atomic E-state index is 0.164. The number of amides is 1. The van der Waals surface area contributed by atoms with Crippen LogP contribution >= 0.6 is 0 Å². The van der Waals surface area contributed by atoms with E-state index in [1.807, 2.05) is 0 Å². The van der Waals surface area contributed by atoms with Crippen LogP contribution in [0.2, 0.25) is 0 Å². The Morgan fingerprint density at radius 2 is 1.41 bits per heavy atom. The lowest BCUT2D eigenvalue weighted by Crippen LogP contribution is -2.32. The fourth-order valence-electron chi connectivity index (χ4n) is 3.15. The average molecular weight is 412 g/mol. The number of carboxylic acid groups (broad SMARTS) is 2. The summed E-state index contributed by atoms with van der Waals surface area (Å²) in [6.45, 7) is 2.26. The first-order chi connectivity index (χ1) is 14.0. The van der Waals surface area contributed by atoms with Crippen molar-refractivity contribution in [2.75, 3.05) is 0 Å². The van der Waals surface area contributed by atoms with E-state index < -0.39 is 18.0 Å². The number of hydrogen-bond acceptors (Lipinski definition) is 3. The summed E-state index contributed by atoms with van der Waals surface area (Å²) in [4.78, 5) is 30.8. The maximum absolute atomic E-state index is 10.4. The lowest BCUT2D eigenvalue weighted by Gasteiger charge is -1.99. The second kappa shape index (κ2) is 19.5. The predicted molar refractivity (Wildman–Crippen MR) is 116 cm³/mol. The number of nitrogens with one attached hydrogen (secondary N) is 1. The third-order valence-corrected chi connectivity index (χ3v) is 4.95. The van der Waals surface area contributed by atoms with Crippen molar-refractivity contribution < 1.29 is 24.6 Å². The molecule has 0 spiro atoms. The lowest BCUT2D eigenvalue weighted by molar-refractivity contribution is -0.140. The summed E-state index contributed by atoms with van der Waals surface area (Å²) < 4.78 is 0. The van der Waals surface area contributed by atoms with Crippen molar-refractivity contribution in [3.05, 3.63) is 12.2 Å². The van der Waals surface area contributed by atoms with Crippen LogP contribution in [-0.2, 0) is 14.4 Å². The molecule has 1 aliphatic heterocycles. The Labute approximate surface area is 176 Å². The predicted octanol–water partition coefficient (Wildman–Crippen LogP) is 5.46. The van der Waals surface area contributed by atoms with Gasteiger partial charge in [-0.2, -0.15) is 0 Å². The van der Waals surface area contributed by atoms with E-state index in [9.17, 15) is 14.4 Å². The van der Waals surface area contributed by atoms with Crippen molar-refractivity contribution in [1.82, 2.24) is 5.32 Å². The Bertz CT molecular complexity index is 476. The molecule has 1 heterocycles. The van der Waals surface area contributed by atoms with E-state index >= 15 is 0 Å². The molecular weight excluding hydrogens is 370 g/mol. The molecule has 29 heavy (non-hydrogen) atoms. The van der Waals surface area contributed by atoms with Crippen LogP contribution in [0, 0.1) is 0 Å². The molecule has 1 rings (SSSR count). The molecule has 0 aliphatic carbocycles. The van der Waals surface area contributed by atoms with Crippen molar-refractivity contribution in [2.24, 2.45) is 0 Å². The van der Waals surface area contributed by atoms with Crippen LogP contribution in [0.3, 0.4) is 0 Å². The fourth-order valence-corrected chi connectivity index (χ4v) is 3.15. The van der Waals surface area contributed by atoms with Crippen LogP contribution in [0.15, 0.2) is 12.2 Å². The van der Waals surface area contributed by atoms with E-state index in [4.69, 9.17) is 10.2 Å². The van der Waals surface area contributed by atoms with E-state index in [1.165, 1.54) is 70.6 Å². The van der Waals surface area contributed by atoms with E-state index in [-0.39, 0.29) is 5.91 Å². The molecule has 1 atom stereocenters. The zero-order valence-electron chi connectivity index (χ0n) is 18.2. The minimum atomic E-state index is -0.944. The van der Waals surface area contributed by atoms with Gasteiger partial charge in [0, 0.05) is 12.8 Å². The van der Waals surface area contributed by atoms with Crippen LogP contribution in [-0.4, -0.2) is 34.1 Å². The fraction of sp³-hybridized carbons (Fsp3) is 0.783. The average Bonchev–Trinajstić information content (AvgIpc) is 3.12. The largest absolute Gasteiger partial charge is 0.481 e. The highest BCUT2D eigenvalue weighted by atomic mass is 16.4. The SMILES string of the molecule is CCCCCCCC/C=C\CCCCCCCC(=O)O.O=C1CC[C@@H](C(=O)O)N1. The molecule has 0 aromatic heterocycles. The molecule has 1 fully saturated rings. The molecule has 0 aromatic rings. The molecule has 0 bridgehead atoms. The van der Waals surface area contributed by atoms with Gasteiger partial charge in [-0.25, -0.2) is 4.79 Å². The zero-order valence-corrected chi connectivity index (χ0v) is 18.2. The number of rotatable bonds is 16. The number of allylic oxidation sites excluding steroid dienone is 2. The Morgan fingerprint density at radius 1 is 0.897 bits per heavy atom. The quantitative estimate of drug-likeness (QED) is 0.231. The van der Waals surface area contributed by atoms with Gasteiger partial charge in [0.1, 0.15) is 6.04 Å². The molecular formula is C23H41NO5. The summed E-state index contributed by atoms with van der Waals surface area (Å²) in [7, 11) is 0. The van der Waals surface area contributed by atoms with Gasteiger partial charge in [0.2, 0.25) is 5.91 Å². The number of hydrogen-bond donors (Lipinski definition) is 3. The van der Waals surface area contributed by atoms with Gasteiger partial charge < -0.3 is 15.5 Å². The second-order valence-corrected chi connectivity index (χ2v) is 7.73. The maximum Gasteiger partial charge on any atom is 0.326 e. The van der Waals surface area contributed by atoms with Crippen LogP contribution in [0.1, 0.15) is 110 Å². The summed E-state index contributed by atoms with van der Waals surface area (Å²) in [5.41, 5.74) is 0. The van der Waals surface area contributed by atoms with Gasteiger partial charge in [-0.1, -0.05) is 70.4 Å². The Kier molecular flexibility index (Phi) is 18.2. The standard InChI is InChI=1S/C18H34O2.C5H7NO3/c1-2-3-4-5-6-7-8-9-10-11-12-13-14-15-16-17-18(19)20;7-4-2-1-3(6-4)5(8)9/h9-10H,2-8,11-17H2,1H3,(H,19,20);3H,1-2H2,(H,6,7)(H,8,9)/b10-9-;/t;3-/m.0/s1. The lowest BCUT2D eigenvalue weighted by atomic mass is 10.1. The first-order valence-electron chi connectivity index (χ1n) is 11.4. The smallest absolute Gasteiger partial charge is 0.326 e. The number of carbonyl (C=O) groups is 3. The highest BCUT2D eigenvalue weighted by molar-refractivity contribution is 5.87. The van der Waals surface area contributed by atoms with Gasteiger partial charge in [-0.05, 0) is 38.5 Å². The van der Waals surface area contributed by atoms with Crippen molar-refractivity contribution >= 4 is 17.8 Å². The summed E-state index contributed by atoms with van der Waals surface area (Å²) >= 11 is 0. The Morgan fingerprint density at radius 3 is 1.83 bits per heavy atom. The van der Waals surface area contributed by atoms with Crippen molar-refractivity contribution in [2.45, 2.75) is 116 Å². The van der Waals surface area contributed by atoms with Crippen molar-refractivity contribution in [3.8, 4) is 0 Å². The molecule has 1 aliphatic rings. The summed E-state index contributed by atoms with van der Waals surface area (Å²) in [6, 6.07) is -0.641. The second-order valence-electron chi connectivity index (χ2n) is 7.73. The molecule has 0 saturated carbocycles. The van der Waals surface area contributed by atoms with E-state index in [1.54, 1.807) is 0 Å². The molecule has 6 nitrogen and oxygen atoms in total. The summed E-state index contributed by atoms with van der Waals surface area (Å²) in [5.74, 6) is -1.77. The number of carbonyl (C=O) groups excluding carboxylic acids is 1. The molecule has 0 radical (unpaired) electrons. The first-order valence-corrected chi connectivity index (χ1v) is 11.4. The van der Waals surface area contributed by atoms with Gasteiger partial charge in [-0.15, -0.1) is 0 Å². The third-order valence-electron chi connectivity index (χ3n) is 4.95. The molecule has 0 aromatic carbocycles. The maximum atomic E-state index is 10.4. The van der Waals surface area contributed by atoms with Crippen LogP contribution in [0.25, 0.3) is 0 Å². The highest BCUT2D eigenvalue weighted by Crippen LogP contribution is 2.10. The van der Waals surface area contributed by atoms with Crippen LogP contribution in [0.5, 0.6) is 0 Å². The van der Waals surface area contributed by atoms with E-state index in [0.29, 0.717) is 19.3 Å². The topological polar surface area (TPSA) is 104 Å².